The lowest BCUT2D eigenvalue weighted by Gasteiger charge is -2.34. The van der Waals surface area contributed by atoms with Gasteiger partial charge < -0.3 is 25.2 Å². The standard InChI is InChI=1S/C19H41N5O.HI/c1-6-20-19(21-10-13-23(4)11-8-14-25-5)22-15-18-9-7-12-24(16-18)17(2)3;/h17-18H,6-16H2,1-5H3,(H2,20,21,22);1H. The minimum absolute atomic E-state index is 0. The first-order chi connectivity index (χ1) is 12.1. The molecule has 1 aliphatic heterocycles. The van der Waals surface area contributed by atoms with E-state index >= 15 is 0 Å². The third-order valence-corrected chi connectivity index (χ3v) is 4.81. The second kappa shape index (κ2) is 15.9. The third kappa shape index (κ3) is 11.6. The highest BCUT2D eigenvalue weighted by Crippen LogP contribution is 2.18. The summed E-state index contributed by atoms with van der Waals surface area (Å²) in [4.78, 5) is 9.75. The van der Waals surface area contributed by atoms with Crippen LogP contribution in [0.25, 0.3) is 0 Å². The molecule has 1 unspecified atom stereocenters. The van der Waals surface area contributed by atoms with Crippen molar-refractivity contribution in [2.75, 3.05) is 66.6 Å². The highest BCUT2D eigenvalue weighted by molar-refractivity contribution is 14.0. The van der Waals surface area contributed by atoms with Gasteiger partial charge >= 0.3 is 0 Å². The number of nitrogens with one attached hydrogen (secondary N) is 2. The molecule has 0 aromatic rings. The highest BCUT2D eigenvalue weighted by atomic mass is 127. The molecule has 0 amide bonds. The normalized spacial score (nSPS) is 18.9. The molecule has 1 heterocycles. The number of halogens is 1. The van der Waals surface area contributed by atoms with E-state index in [1.807, 2.05) is 0 Å². The monoisotopic (exact) mass is 483 g/mol. The molecule has 156 valence electrons. The average molecular weight is 483 g/mol. The quantitative estimate of drug-likeness (QED) is 0.204. The first-order valence-electron chi connectivity index (χ1n) is 10.0. The average Bonchev–Trinajstić information content (AvgIpc) is 2.60. The Morgan fingerprint density at radius 3 is 2.73 bits per heavy atom. The van der Waals surface area contributed by atoms with Crippen LogP contribution in [0.3, 0.4) is 0 Å². The maximum absolute atomic E-state index is 5.10. The lowest BCUT2D eigenvalue weighted by Crippen LogP contribution is -2.43. The van der Waals surface area contributed by atoms with E-state index in [-0.39, 0.29) is 24.0 Å². The zero-order valence-electron chi connectivity index (χ0n) is 17.6. The molecule has 2 N–H and O–H groups in total. The van der Waals surface area contributed by atoms with Crippen molar-refractivity contribution in [3.8, 4) is 0 Å². The number of hydrogen-bond acceptors (Lipinski definition) is 4. The summed E-state index contributed by atoms with van der Waals surface area (Å²) >= 11 is 0. The molecule has 0 bridgehead atoms. The Balaban J connectivity index is 0.00000625. The van der Waals surface area contributed by atoms with Crippen LogP contribution in [0.4, 0.5) is 0 Å². The summed E-state index contributed by atoms with van der Waals surface area (Å²) in [6.07, 6.45) is 3.68. The predicted molar refractivity (Wildman–Crippen MR) is 123 cm³/mol. The number of aliphatic imine (C=N–C) groups is 1. The fraction of sp³-hybridized carbons (Fsp3) is 0.947. The Labute approximate surface area is 178 Å². The molecule has 0 spiro atoms. The summed E-state index contributed by atoms with van der Waals surface area (Å²) in [5.74, 6) is 1.64. The molecule has 1 atom stereocenters. The molecule has 1 rings (SSSR count). The zero-order valence-corrected chi connectivity index (χ0v) is 19.9. The van der Waals surface area contributed by atoms with Gasteiger partial charge in [-0.1, -0.05) is 0 Å². The first-order valence-corrected chi connectivity index (χ1v) is 10.0. The summed E-state index contributed by atoms with van der Waals surface area (Å²) in [6.45, 7) is 14.8. The predicted octanol–water partition coefficient (Wildman–Crippen LogP) is 2.25. The Morgan fingerprint density at radius 1 is 1.31 bits per heavy atom. The van der Waals surface area contributed by atoms with Crippen molar-refractivity contribution < 1.29 is 4.74 Å². The largest absolute Gasteiger partial charge is 0.385 e. The summed E-state index contributed by atoms with van der Waals surface area (Å²) in [5, 5.41) is 6.84. The molecular weight excluding hydrogens is 441 g/mol. The summed E-state index contributed by atoms with van der Waals surface area (Å²) < 4.78 is 5.10. The van der Waals surface area contributed by atoms with Crippen molar-refractivity contribution in [3.63, 3.8) is 0 Å². The minimum Gasteiger partial charge on any atom is -0.385 e. The fourth-order valence-electron chi connectivity index (χ4n) is 3.23. The number of likely N-dealkylation sites (N-methyl/N-ethyl adjacent to an activating group) is 1. The molecule has 6 nitrogen and oxygen atoms in total. The van der Waals surface area contributed by atoms with Crippen molar-refractivity contribution in [2.45, 2.75) is 46.1 Å². The highest BCUT2D eigenvalue weighted by Gasteiger charge is 2.21. The molecule has 0 aromatic heterocycles. The van der Waals surface area contributed by atoms with Gasteiger partial charge in [-0.25, -0.2) is 0 Å². The molecule has 0 aromatic carbocycles. The van der Waals surface area contributed by atoms with Gasteiger partial charge in [-0.05, 0) is 59.5 Å². The van der Waals surface area contributed by atoms with Crippen molar-refractivity contribution >= 4 is 29.9 Å². The van der Waals surface area contributed by atoms with Gasteiger partial charge in [0.15, 0.2) is 5.96 Å². The van der Waals surface area contributed by atoms with E-state index in [1.54, 1.807) is 7.11 Å². The van der Waals surface area contributed by atoms with Crippen molar-refractivity contribution in [3.05, 3.63) is 0 Å². The topological polar surface area (TPSA) is 52.1 Å². The van der Waals surface area contributed by atoms with Gasteiger partial charge in [0.25, 0.3) is 0 Å². The summed E-state index contributed by atoms with van der Waals surface area (Å²) in [7, 11) is 3.91. The van der Waals surface area contributed by atoms with E-state index in [4.69, 9.17) is 9.73 Å². The number of rotatable bonds is 11. The second-order valence-corrected chi connectivity index (χ2v) is 7.39. The Bertz CT molecular complexity index is 368. The van der Waals surface area contributed by atoms with Gasteiger partial charge in [-0.2, -0.15) is 0 Å². The van der Waals surface area contributed by atoms with Crippen molar-refractivity contribution in [1.29, 1.82) is 0 Å². The molecule has 1 saturated heterocycles. The van der Waals surface area contributed by atoms with Crippen LogP contribution in [0.15, 0.2) is 4.99 Å². The molecule has 0 radical (unpaired) electrons. The van der Waals surface area contributed by atoms with Crippen LogP contribution in [0.5, 0.6) is 0 Å². The number of hydrogen-bond donors (Lipinski definition) is 2. The number of guanidine groups is 1. The number of methoxy groups -OCH3 is 1. The van der Waals surface area contributed by atoms with Crippen molar-refractivity contribution in [2.24, 2.45) is 10.9 Å². The maximum Gasteiger partial charge on any atom is 0.191 e. The fourth-order valence-corrected chi connectivity index (χ4v) is 3.23. The number of likely N-dealkylation sites (tertiary alicyclic amines) is 1. The van der Waals surface area contributed by atoms with Gasteiger partial charge in [-0.15, -0.1) is 24.0 Å². The number of nitrogens with zero attached hydrogens (tertiary/aromatic N) is 3. The van der Waals surface area contributed by atoms with E-state index in [0.717, 1.165) is 51.7 Å². The van der Waals surface area contributed by atoms with E-state index < -0.39 is 0 Å². The SMILES string of the molecule is CCNC(=NCC1CCCN(C(C)C)C1)NCCN(C)CCCOC.I. The van der Waals surface area contributed by atoms with Crippen LogP contribution in [0.1, 0.15) is 40.0 Å². The molecule has 0 saturated carbocycles. The zero-order chi connectivity index (χ0) is 18.5. The van der Waals surface area contributed by atoms with Gasteiger partial charge in [-0.3, -0.25) is 4.99 Å². The Hall–Kier alpha value is -0.120. The maximum atomic E-state index is 5.10. The van der Waals surface area contributed by atoms with E-state index in [0.29, 0.717) is 12.0 Å². The Morgan fingerprint density at radius 2 is 2.08 bits per heavy atom. The van der Waals surface area contributed by atoms with Gasteiger partial charge in [0.05, 0.1) is 0 Å². The van der Waals surface area contributed by atoms with Crippen molar-refractivity contribution in [1.82, 2.24) is 20.4 Å². The minimum atomic E-state index is 0. The lowest BCUT2D eigenvalue weighted by atomic mass is 9.97. The van der Waals surface area contributed by atoms with Gasteiger partial charge in [0.1, 0.15) is 0 Å². The Kier molecular flexibility index (Phi) is 15.8. The molecule has 1 fully saturated rings. The van der Waals surface area contributed by atoms with Gasteiger partial charge in [0.2, 0.25) is 0 Å². The van der Waals surface area contributed by atoms with E-state index in [9.17, 15) is 0 Å². The summed E-state index contributed by atoms with van der Waals surface area (Å²) in [6, 6.07) is 0.645. The van der Waals surface area contributed by atoms with E-state index in [2.05, 4.69) is 48.3 Å². The van der Waals surface area contributed by atoms with Crippen LogP contribution in [-0.2, 0) is 4.74 Å². The van der Waals surface area contributed by atoms with Crippen LogP contribution in [0.2, 0.25) is 0 Å². The number of ether oxygens (including phenoxy) is 1. The summed E-state index contributed by atoms with van der Waals surface area (Å²) in [5.41, 5.74) is 0. The smallest absolute Gasteiger partial charge is 0.191 e. The van der Waals surface area contributed by atoms with E-state index in [1.165, 1.54) is 25.9 Å². The third-order valence-electron chi connectivity index (χ3n) is 4.81. The van der Waals surface area contributed by atoms with Crippen LogP contribution in [-0.4, -0.2) is 88.4 Å². The molecule has 26 heavy (non-hydrogen) atoms. The molecule has 1 aliphatic rings. The molecular formula is C19H42IN5O. The van der Waals surface area contributed by atoms with Crippen LogP contribution >= 0.6 is 24.0 Å². The first kappa shape index (κ1) is 25.9. The molecule has 0 aliphatic carbocycles. The number of piperidine rings is 1. The van der Waals surface area contributed by atoms with Gasteiger partial charge in [0, 0.05) is 59.0 Å². The lowest BCUT2D eigenvalue weighted by molar-refractivity contribution is 0.143. The van der Waals surface area contributed by atoms with Crippen LogP contribution < -0.4 is 10.6 Å². The molecule has 7 heteroatoms. The van der Waals surface area contributed by atoms with Crippen LogP contribution in [0, 0.1) is 5.92 Å². The second-order valence-electron chi connectivity index (χ2n) is 7.39.